The standard InChI is InChI=1S/C11H11F5N2O2/c1-2-20-6(19)3-5-4-18-9(11(14,15)16)7(8(5)17)10(12)13/h4,10H,2-3H2,1H3,(H2,17,18). The van der Waals surface area contributed by atoms with E-state index >= 15 is 0 Å². The van der Waals surface area contributed by atoms with Crippen molar-refractivity contribution in [2.75, 3.05) is 12.3 Å². The average molecular weight is 298 g/mol. The van der Waals surface area contributed by atoms with Crippen molar-refractivity contribution in [1.29, 1.82) is 0 Å². The zero-order chi connectivity index (χ0) is 15.5. The maximum absolute atomic E-state index is 12.7. The fourth-order valence-corrected chi connectivity index (χ4v) is 1.54. The number of esters is 1. The van der Waals surface area contributed by atoms with Crippen LogP contribution in [0.5, 0.6) is 0 Å². The van der Waals surface area contributed by atoms with E-state index < -0.39 is 41.9 Å². The molecular formula is C11H11F5N2O2. The minimum absolute atomic E-state index is 0.0501. The van der Waals surface area contributed by atoms with Crippen LogP contribution in [0.2, 0.25) is 0 Å². The fourth-order valence-electron chi connectivity index (χ4n) is 1.54. The summed E-state index contributed by atoms with van der Waals surface area (Å²) >= 11 is 0. The number of carbonyl (C=O) groups is 1. The SMILES string of the molecule is CCOC(=O)Cc1cnc(C(F)(F)F)c(C(F)F)c1N. The summed E-state index contributed by atoms with van der Waals surface area (Å²) in [6.07, 6.45) is -8.38. The van der Waals surface area contributed by atoms with E-state index in [4.69, 9.17) is 5.73 Å². The largest absolute Gasteiger partial charge is 0.466 e. The van der Waals surface area contributed by atoms with Gasteiger partial charge in [-0.15, -0.1) is 0 Å². The summed E-state index contributed by atoms with van der Waals surface area (Å²) in [5.41, 5.74) is 1.10. The molecule has 0 fully saturated rings. The minimum atomic E-state index is -5.05. The molecule has 0 spiro atoms. The quantitative estimate of drug-likeness (QED) is 0.685. The summed E-state index contributed by atoms with van der Waals surface area (Å²) in [6, 6.07) is 0. The van der Waals surface area contributed by atoms with Crippen LogP contribution in [-0.2, 0) is 22.1 Å². The number of ether oxygens (including phenoxy) is 1. The monoisotopic (exact) mass is 298 g/mol. The van der Waals surface area contributed by atoms with Gasteiger partial charge in [0.25, 0.3) is 6.43 Å². The summed E-state index contributed by atoms with van der Waals surface area (Å²) in [6.45, 7) is 1.57. The van der Waals surface area contributed by atoms with Crippen LogP contribution in [-0.4, -0.2) is 17.6 Å². The third-order valence-electron chi connectivity index (χ3n) is 2.37. The smallest absolute Gasteiger partial charge is 0.433 e. The molecule has 20 heavy (non-hydrogen) atoms. The number of nitrogen functional groups attached to an aromatic ring is 1. The topological polar surface area (TPSA) is 65.2 Å². The Labute approximate surface area is 110 Å². The van der Waals surface area contributed by atoms with Crippen LogP contribution in [0.15, 0.2) is 6.20 Å². The molecule has 0 aliphatic heterocycles. The van der Waals surface area contributed by atoms with Crippen LogP contribution in [0, 0.1) is 0 Å². The molecule has 0 aromatic carbocycles. The van der Waals surface area contributed by atoms with Gasteiger partial charge in [0.15, 0.2) is 5.69 Å². The molecule has 0 atom stereocenters. The van der Waals surface area contributed by atoms with E-state index in [9.17, 15) is 26.7 Å². The van der Waals surface area contributed by atoms with Gasteiger partial charge in [-0.2, -0.15) is 13.2 Å². The van der Waals surface area contributed by atoms with Crippen molar-refractivity contribution in [2.45, 2.75) is 25.9 Å². The van der Waals surface area contributed by atoms with E-state index in [1.807, 2.05) is 0 Å². The van der Waals surface area contributed by atoms with E-state index in [0.717, 1.165) is 0 Å². The van der Waals surface area contributed by atoms with Crippen LogP contribution in [0.3, 0.4) is 0 Å². The molecule has 0 aliphatic carbocycles. The number of hydrogen-bond donors (Lipinski definition) is 1. The van der Waals surface area contributed by atoms with Crippen LogP contribution in [0.4, 0.5) is 27.6 Å². The number of anilines is 1. The summed E-state index contributed by atoms with van der Waals surface area (Å²) in [7, 11) is 0. The van der Waals surface area contributed by atoms with E-state index in [2.05, 4.69) is 9.72 Å². The summed E-state index contributed by atoms with van der Waals surface area (Å²) in [5.74, 6) is -0.791. The zero-order valence-corrected chi connectivity index (χ0v) is 10.3. The lowest BCUT2D eigenvalue weighted by molar-refractivity contribution is -0.143. The molecule has 9 heteroatoms. The first-order valence-corrected chi connectivity index (χ1v) is 5.46. The van der Waals surface area contributed by atoms with Crippen LogP contribution >= 0.6 is 0 Å². The number of aromatic nitrogens is 1. The Bertz CT molecular complexity index is 502. The number of nitrogens with two attached hydrogens (primary N) is 1. The molecule has 0 bridgehead atoms. The number of nitrogens with zero attached hydrogens (tertiary/aromatic N) is 1. The molecule has 0 saturated carbocycles. The molecular weight excluding hydrogens is 287 g/mol. The summed E-state index contributed by atoms with van der Waals surface area (Å²) in [4.78, 5) is 14.2. The third kappa shape index (κ3) is 3.55. The van der Waals surface area contributed by atoms with Crippen molar-refractivity contribution in [1.82, 2.24) is 4.98 Å². The van der Waals surface area contributed by atoms with Gasteiger partial charge in [-0.3, -0.25) is 9.78 Å². The molecule has 0 aliphatic rings. The molecule has 1 heterocycles. The first kappa shape index (κ1) is 16.1. The van der Waals surface area contributed by atoms with E-state index in [-0.39, 0.29) is 12.2 Å². The highest BCUT2D eigenvalue weighted by molar-refractivity contribution is 5.75. The van der Waals surface area contributed by atoms with Gasteiger partial charge < -0.3 is 10.5 Å². The Morgan fingerprint density at radius 1 is 1.45 bits per heavy atom. The van der Waals surface area contributed by atoms with Gasteiger partial charge in [-0.05, 0) is 6.92 Å². The van der Waals surface area contributed by atoms with Crippen LogP contribution < -0.4 is 5.73 Å². The maximum Gasteiger partial charge on any atom is 0.433 e. The second kappa shape index (κ2) is 6.02. The lowest BCUT2D eigenvalue weighted by Crippen LogP contribution is -2.17. The molecule has 112 valence electrons. The highest BCUT2D eigenvalue weighted by atomic mass is 19.4. The maximum atomic E-state index is 12.7. The van der Waals surface area contributed by atoms with Crippen LogP contribution in [0.1, 0.15) is 30.2 Å². The molecule has 2 N–H and O–H groups in total. The number of hydrogen-bond acceptors (Lipinski definition) is 4. The Morgan fingerprint density at radius 3 is 2.50 bits per heavy atom. The van der Waals surface area contributed by atoms with Gasteiger partial charge in [0.1, 0.15) is 0 Å². The third-order valence-corrected chi connectivity index (χ3v) is 2.37. The van der Waals surface area contributed by atoms with Gasteiger partial charge in [-0.25, -0.2) is 8.78 Å². The average Bonchev–Trinajstić information content (AvgIpc) is 2.29. The van der Waals surface area contributed by atoms with Crippen molar-refractivity contribution in [3.8, 4) is 0 Å². The Kier molecular flexibility index (Phi) is 4.85. The van der Waals surface area contributed by atoms with Crippen molar-refractivity contribution < 1.29 is 31.5 Å². The van der Waals surface area contributed by atoms with Gasteiger partial charge >= 0.3 is 12.1 Å². The summed E-state index contributed by atoms with van der Waals surface area (Å²) in [5, 5.41) is 0. The van der Waals surface area contributed by atoms with Crippen molar-refractivity contribution in [3.63, 3.8) is 0 Å². The molecule has 0 amide bonds. The van der Waals surface area contributed by atoms with Gasteiger partial charge in [-0.1, -0.05) is 0 Å². The highest BCUT2D eigenvalue weighted by Gasteiger charge is 2.39. The van der Waals surface area contributed by atoms with Crippen molar-refractivity contribution in [3.05, 3.63) is 23.0 Å². The van der Waals surface area contributed by atoms with Crippen molar-refractivity contribution >= 4 is 11.7 Å². The predicted molar refractivity (Wildman–Crippen MR) is 58.9 cm³/mol. The molecule has 1 aromatic heterocycles. The van der Waals surface area contributed by atoms with Crippen molar-refractivity contribution in [2.24, 2.45) is 0 Å². The Hall–Kier alpha value is -1.93. The Morgan fingerprint density at radius 2 is 2.05 bits per heavy atom. The molecule has 1 aromatic rings. The number of carbonyl (C=O) groups excluding carboxylic acids is 1. The number of pyridine rings is 1. The second-order valence-corrected chi connectivity index (χ2v) is 3.74. The highest BCUT2D eigenvalue weighted by Crippen LogP contribution is 2.38. The zero-order valence-electron chi connectivity index (χ0n) is 10.3. The normalized spacial score (nSPS) is 11.8. The lowest BCUT2D eigenvalue weighted by Gasteiger charge is -2.16. The second-order valence-electron chi connectivity index (χ2n) is 3.74. The first-order chi connectivity index (χ1) is 9.18. The first-order valence-electron chi connectivity index (χ1n) is 5.46. The Balaban J connectivity index is 3.26. The van der Waals surface area contributed by atoms with E-state index in [0.29, 0.717) is 6.20 Å². The predicted octanol–water partition coefficient (Wildman–Crippen LogP) is 2.73. The van der Waals surface area contributed by atoms with Gasteiger partial charge in [0.2, 0.25) is 0 Å². The van der Waals surface area contributed by atoms with Gasteiger partial charge in [0, 0.05) is 17.4 Å². The molecule has 1 rings (SSSR count). The van der Waals surface area contributed by atoms with E-state index in [1.165, 1.54) is 6.92 Å². The van der Waals surface area contributed by atoms with Gasteiger partial charge in [0.05, 0.1) is 18.6 Å². The number of alkyl halides is 5. The minimum Gasteiger partial charge on any atom is -0.466 e. The van der Waals surface area contributed by atoms with Crippen LogP contribution in [0.25, 0.3) is 0 Å². The molecule has 4 nitrogen and oxygen atoms in total. The number of rotatable bonds is 4. The lowest BCUT2D eigenvalue weighted by atomic mass is 10.1. The number of halogens is 5. The molecule has 0 unspecified atom stereocenters. The molecule has 0 saturated heterocycles. The molecule has 0 radical (unpaired) electrons. The van der Waals surface area contributed by atoms with E-state index in [1.54, 1.807) is 0 Å². The fraction of sp³-hybridized carbons (Fsp3) is 0.455. The summed E-state index contributed by atoms with van der Waals surface area (Å²) < 4.78 is 67.7.